The maximum atomic E-state index is 11.9. The molecule has 0 bridgehead atoms. The topological polar surface area (TPSA) is 102 Å². The van der Waals surface area contributed by atoms with Gasteiger partial charge in [-0.05, 0) is 34.4 Å². The molecule has 0 unspecified atom stereocenters. The largest absolute Gasteiger partial charge is 0.493 e. The molecule has 0 saturated heterocycles. The van der Waals surface area contributed by atoms with Gasteiger partial charge < -0.3 is 14.5 Å². The summed E-state index contributed by atoms with van der Waals surface area (Å²) in [7, 11) is -1.73. The van der Waals surface area contributed by atoms with Crippen molar-refractivity contribution in [1.29, 1.82) is 0 Å². The van der Waals surface area contributed by atoms with Crippen LogP contribution >= 0.6 is 0 Å². The average molecular weight is 539 g/mol. The summed E-state index contributed by atoms with van der Waals surface area (Å²) >= 11 is 0. The molecule has 0 spiro atoms. The number of H-pyrrole nitrogens is 1. The van der Waals surface area contributed by atoms with Gasteiger partial charge in [0.1, 0.15) is 10.7 Å². The molecule has 2 N–H and O–H groups in total. The van der Waals surface area contributed by atoms with E-state index >= 15 is 0 Å². The third-order valence-electron chi connectivity index (χ3n) is 6.26. The van der Waals surface area contributed by atoms with Gasteiger partial charge in [-0.1, -0.05) is 84.9 Å². The zero-order chi connectivity index (χ0) is 27.4. The van der Waals surface area contributed by atoms with Crippen LogP contribution in [0, 0.1) is 0 Å². The van der Waals surface area contributed by atoms with E-state index in [0.29, 0.717) is 10.8 Å². The fraction of sp³-hybridized carbons (Fsp3) is 0.0645. The minimum absolute atomic E-state index is 0.00668. The Hall–Kier alpha value is -4.66. The first-order valence-corrected chi connectivity index (χ1v) is 13.5. The monoisotopic (exact) mass is 538 g/mol. The molecule has 7 nitrogen and oxygen atoms in total. The number of aromatic amines is 1. The summed E-state index contributed by atoms with van der Waals surface area (Å²) in [6.45, 7) is 0. The summed E-state index contributed by atoms with van der Waals surface area (Å²) in [5.41, 5.74) is 3.21. The molecule has 196 valence electrons. The summed E-state index contributed by atoms with van der Waals surface area (Å²) in [5, 5.41) is 2.86. The van der Waals surface area contributed by atoms with Crippen molar-refractivity contribution >= 4 is 31.7 Å². The molecule has 6 rings (SSSR count). The molecule has 0 aliphatic carbocycles. The average Bonchev–Trinajstić information content (AvgIpc) is 3.46. The van der Waals surface area contributed by atoms with E-state index in [4.69, 9.17) is 9.47 Å². The number of hydrogen-bond donors (Lipinski definition) is 2. The van der Waals surface area contributed by atoms with E-state index in [0.717, 1.165) is 33.4 Å². The lowest BCUT2D eigenvalue weighted by Gasteiger charge is -2.14. The lowest BCUT2D eigenvalue weighted by molar-refractivity contribution is 0.346. The van der Waals surface area contributed by atoms with E-state index < -0.39 is 10.1 Å². The van der Waals surface area contributed by atoms with E-state index in [9.17, 15) is 13.0 Å². The Bertz CT molecular complexity index is 1800. The molecular weight excluding hydrogens is 512 g/mol. The van der Waals surface area contributed by atoms with Gasteiger partial charge in [-0.15, -0.1) is 0 Å². The molecule has 1 heterocycles. The van der Waals surface area contributed by atoms with Crippen LogP contribution in [0.25, 0.3) is 44.2 Å². The Morgan fingerprint density at radius 1 is 0.718 bits per heavy atom. The van der Waals surface area contributed by atoms with Gasteiger partial charge in [0, 0.05) is 22.7 Å². The van der Waals surface area contributed by atoms with Crippen molar-refractivity contribution in [2.75, 3.05) is 14.2 Å². The summed E-state index contributed by atoms with van der Waals surface area (Å²) in [5.74, 6) is 1.15. The van der Waals surface area contributed by atoms with Crippen LogP contribution in [-0.2, 0) is 10.1 Å². The maximum absolute atomic E-state index is 11.9. The number of imidazole rings is 1. The number of nitrogens with one attached hydrogen (secondary N) is 1. The van der Waals surface area contributed by atoms with E-state index in [1.165, 1.54) is 14.2 Å². The smallest absolute Gasteiger partial charge is 0.299 e. The number of hydrogen-bond acceptors (Lipinski definition) is 5. The first kappa shape index (κ1) is 26.0. The van der Waals surface area contributed by atoms with E-state index in [2.05, 4.69) is 22.1 Å². The number of fused-ring (bicyclic) bond motifs is 2. The number of methoxy groups -OCH3 is 2. The summed E-state index contributed by atoms with van der Waals surface area (Å²) in [6.07, 6.45) is 1.94. The fourth-order valence-electron chi connectivity index (χ4n) is 4.44. The highest BCUT2D eigenvalue weighted by Crippen LogP contribution is 2.41. The van der Waals surface area contributed by atoms with E-state index in [1.807, 2.05) is 85.1 Å². The third kappa shape index (κ3) is 5.47. The molecule has 0 fully saturated rings. The normalized spacial score (nSPS) is 11.2. The highest BCUT2D eigenvalue weighted by Gasteiger charge is 2.24. The molecular formula is C31H26N2O5S. The SMILES string of the molecule is COc1cc2cc3ccccc3cc2c(S(=O)(=O)O)c1OC.c1ccc(-c2c[nH]c(-c3ccccc3)n2)cc1. The molecule has 5 aromatic carbocycles. The summed E-state index contributed by atoms with van der Waals surface area (Å²) in [6, 6.07) is 33.1. The first-order valence-electron chi connectivity index (χ1n) is 12.1. The second-order valence-electron chi connectivity index (χ2n) is 8.70. The van der Waals surface area contributed by atoms with Crippen molar-refractivity contribution in [3.63, 3.8) is 0 Å². The predicted molar refractivity (Wildman–Crippen MR) is 154 cm³/mol. The van der Waals surface area contributed by atoms with Gasteiger partial charge >= 0.3 is 0 Å². The van der Waals surface area contributed by atoms with Crippen LogP contribution in [-0.4, -0.2) is 37.2 Å². The Morgan fingerprint density at radius 3 is 1.90 bits per heavy atom. The Labute approximate surface area is 226 Å². The van der Waals surface area contributed by atoms with Gasteiger partial charge in [-0.2, -0.15) is 8.42 Å². The van der Waals surface area contributed by atoms with Crippen molar-refractivity contribution in [2.45, 2.75) is 4.90 Å². The molecule has 0 atom stereocenters. The maximum Gasteiger partial charge on any atom is 0.299 e. The number of rotatable bonds is 5. The first-order chi connectivity index (χ1) is 18.9. The highest BCUT2D eigenvalue weighted by atomic mass is 32.2. The van der Waals surface area contributed by atoms with Crippen LogP contribution in [0.3, 0.4) is 0 Å². The summed E-state index contributed by atoms with van der Waals surface area (Å²) < 4.78 is 43.7. The van der Waals surface area contributed by atoms with Gasteiger partial charge in [0.05, 0.1) is 19.9 Å². The quantitative estimate of drug-likeness (QED) is 0.181. The number of nitrogens with zero attached hydrogens (tertiary/aromatic N) is 1. The van der Waals surface area contributed by atoms with Gasteiger partial charge in [-0.25, -0.2) is 4.98 Å². The fourth-order valence-corrected chi connectivity index (χ4v) is 5.31. The minimum Gasteiger partial charge on any atom is -0.493 e. The van der Waals surface area contributed by atoms with Crippen molar-refractivity contribution in [3.05, 3.63) is 109 Å². The van der Waals surface area contributed by atoms with E-state index in [1.54, 1.807) is 12.1 Å². The van der Waals surface area contributed by atoms with Crippen LogP contribution in [0.4, 0.5) is 0 Å². The van der Waals surface area contributed by atoms with Crippen molar-refractivity contribution in [3.8, 4) is 34.1 Å². The van der Waals surface area contributed by atoms with Crippen LogP contribution in [0.2, 0.25) is 0 Å². The Kier molecular flexibility index (Phi) is 7.31. The molecule has 0 radical (unpaired) electrons. The second kappa shape index (κ2) is 11.0. The zero-order valence-electron chi connectivity index (χ0n) is 21.3. The number of ether oxygens (including phenoxy) is 2. The summed E-state index contributed by atoms with van der Waals surface area (Å²) in [4.78, 5) is 7.52. The van der Waals surface area contributed by atoms with E-state index in [-0.39, 0.29) is 16.4 Å². The lowest BCUT2D eigenvalue weighted by atomic mass is 10.0. The molecule has 39 heavy (non-hydrogen) atoms. The van der Waals surface area contributed by atoms with Crippen LogP contribution in [0.5, 0.6) is 11.5 Å². The molecule has 1 aromatic heterocycles. The lowest BCUT2D eigenvalue weighted by Crippen LogP contribution is -2.04. The third-order valence-corrected chi connectivity index (χ3v) is 7.18. The number of aromatic nitrogens is 2. The van der Waals surface area contributed by atoms with Gasteiger partial charge in [-0.3, -0.25) is 4.55 Å². The molecule has 0 saturated carbocycles. The van der Waals surface area contributed by atoms with Gasteiger partial charge in [0.15, 0.2) is 11.5 Å². The Morgan fingerprint density at radius 2 is 1.31 bits per heavy atom. The highest BCUT2D eigenvalue weighted by molar-refractivity contribution is 7.86. The molecule has 0 aliphatic rings. The standard InChI is InChI=1S/C16H14O5S.C15H12N2/c1-20-14-9-12-7-10-5-3-4-6-11(10)8-13(12)16(15(14)21-2)22(17,18)19;1-3-7-12(8-4-1)14-11-16-15(17-14)13-9-5-2-6-10-13/h3-9H,1-2H3,(H,17,18,19);1-11H,(H,16,17). The molecule has 6 aromatic rings. The molecule has 8 heteroatoms. The van der Waals surface area contributed by atoms with Crippen LogP contribution in [0.15, 0.2) is 114 Å². The minimum atomic E-state index is -4.48. The zero-order valence-corrected chi connectivity index (χ0v) is 22.1. The second-order valence-corrected chi connectivity index (χ2v) is 10.1. The number of benzene rings is 5. The Balaban J connectivity index is 0.000000163. The van der Waals surface area contributed by atoms with Crippen molar-refractivity contribution in [2.24, 2.45) is 0 Å². The van der Waals surface area contributed by atoms with Gasteiger partial charge in [0.25, 0.3) is 10.1 Å². The van der Waals surface area contributed by atoms with Crippen LogP contribution in [0.1, 0.15) is 0 Å². The van der Waals surface area contributed by atoms with Crippen molar-refractivity contribution in [1.82, 2.24) is 9.97 Å². The molecule has 0 aliphatic heterocycles. The predicted octanol–water partition coefficient (Wildman–Crippen LogP) is 7.00. The van der Waals surface area contributed by atoms with Crippen molar-refractivity contribution < 1.29 is 22.4 Å². The van der Waals surface area contributed by atoms with Gasteiger partial charge in [0.2, 0.25) is 0 Å². The van der Waals surface area contributed by atoms with Crippen LogP contribution < -0.4 is 9.47 Å². The molecule has 0 amide bonds.